The number of nitrogen functional groups attached to an aromatic ring is 1. The molecule has 5 aromatic rings. The molecule has 3 aromatic carbocycles. The van der Waals surface area contributed by atoms with Gasteiger partial charge in [0.1, 0.15) is 5.82 Å². The highest BCUT2D eigenvalue weighted by Gasteiger charge is 2.26. The Bertz CT molecular complexity index is 2370. The van der Waals surface area contributed by atoms with Gasteiger partial charge in [-0.05, 0) is 135 Å². The Balaban J connectivity index is 0.851. The number of aromatic nitrogens is 3. The van der Waals surface area contributed by atoms with E-state index in [1.807, 2.05) is 64.1 Å². The van der Waals surface area contributed by atoms with E-state index in [9.17, 15) is 9.59 Å². The van der Waals surface area contributed by atoms with Crippen molar-refractivity contribution in [1.82, 2.24) is 30.7 Å². The Morgan fingerprint density at radius 3 is 2.35 bits per heavy atom. The van der Waals surface area contributed by atoms with Crippen LogP contribution in [0.2, 0.25) is 0 Å². The van der Waals surface area contributed by atoms with Crippen LogP contribution in [-0.4, -0.2) is 76.8 Å². The number of hydrogen-bond donors (Lipinski definition) is 5. The van der Waals surface area contributed by atoms with Crippen LogP contribution in [0.5, 0.6) is 0 Å². The van der Waals surface area contributed by atoms with Crippen molar-refractivity contribution in [3.05, 3.63) is 131 Å². The van der Waals surface area contributed by atoms with Crippen LogP contribution < -0.4 is 26.6 Å². The van der Waals surface area contributed by atoms with E-state index in [4.69, 9.17) is 15.7 Å². The summed E-state index contributed by atoms with van der Waals surface area (Å²) in [6, 6.07) is 24.7. The van der Waals surface area contributed by atoms with Crippen LogP contribution in [0.3, 0.4) is 0 Å². The standard InChI is InChI=1S/C50H62N10O3/c1-6-53-23-17-44(61)56-41-13-15-42(16-14-41)60-27-19-34(20-28-60)18-24-59-25-21-37(22-26-59)35-7-9-36(10-8-35)40-30-43(46(52)54-32-40)45(51)38-11-12-39(33(2)29-38)31-55-47(62)48-57-49(58-63-48)50(3,4)5/h6-16,29-30,32,34,37,51,53H,1,17-28,31H2,2-5H3,(H2,52,54)(H,55,62)(H,56,61). The minimum atomic E-state index is -0.433. The van der Waals surface area contributed by atoms with Gasteiger partial charge in [-0.25, -0.2) is 4.98 Å². The zero-order valence-electron chi connectivity index (χ0n) is 37.2. The minimum absolute atomic E-state index is 0.00387. The van der Waals surface area contributed by atoms with Crippen molar-refractivity contribution < 1.29 is 14.1 Å². The van der Waals surface area contributed by atoms with Gasteiger partial charge >= 0.3 is 11.8 Å². The molecule has 330 valence electrons. The smallest absolute Gasteiger partial charge is 0.315 e. The molecule has 0 aliphatic carbocycles. The predicted octanol–water partition coefficient (Wildman–Crippen LogP) is 8.21. The first-order chi connectivity index (χ1) is 30.3. The van der Waals surface area contributed by atoms with Crippen molar-refractivity contribution in [3.8, 4) is 11.1 Å². The van der Waals surface area contributed by atoms with E-state index in [0.29, 0.717) is 41.7 Å². The Labute approximate surface area is 371 Å². The van der Waals surface area contributed by atoms with Gasteiger partial charge in [0.05, 0.1) is 5.71 Å². The average Bonchev–Trinajstić information content (AvgIpc) is 3.81. The molecule has 6 N–H and O–H groups in total. The maximum atomic E-state index is 12.7. The van der Waals surface area contributed by atoms with Gasteiger partial charge in [-0.15, -0.1) is 0 Å². The fourth-order valence-electron chi connectivity index (χ4n) is 8.46. The van der Waals surface area contributed by atoms with Crippen molar-refractivity contribution in [3.63, 3.8) is 0 Å². The summed E-state index contributed by atoms with van der Waals surface area (Å²) < 4.78 is 5.18. The molecule has 0 atom stereocenters. The van der Waals surface area contributed by atoms with E-state index in [-0.39, 0.29) is 29.5 Å². The number of piperidine rings is 2. The number of pyridine rings is 1. The molecular formula is C50H62N10O3. The second-order valence-corrected chi connectivity index (χ2v) is 18.0. The molecule has 63 heavy (non-hydrogen) atoms. The molecule has 0 spiro atoms. The van der Waals surface area contributed by atoms with Gasteiger partial charge in [-0.2, -0.15) is 4.98 Å². The van der Waals surface area contributed by atoms with Crippen LogP contribution in [0.15, 0.2) is 96.3 Å². The van der Waals surface area contributed by atoms with E-state index in [2.05, 4.69) is 83.9 Å². The summed E-state index contributed by atoms with van der Waals surface area (Å²) in [5.74, 6) is 1.57. The molecule has 2 saturated heterocycles. The highest BCUT2D eigenvalue weighted by atomic mass is 16.5. The summed E-state index contributed by atoms with van der Waals surface area (Å²) in [6.07, 6.45) is 9.78. The van der Waals surface area contributed by atoms with Crippen molar-refractivity contribution in [1.29, 1.82) is 5.41 Å². The molecule has 2 amide bonds. The van der Waals surface area contributed by atoms with E-state index in [1.165, 1.54) is 30.5 Å². The summed E-state index contributed by atoms with van der Waals surface area (Å²) in [5.41, 5.74) is 14.8. The molecule has 13 heteroatoms. The van der Waals surface area contributed by atoms with Crippen LogP contribution in [0, 0.1) is 18.3 Å². The van der Waals surface area contributed by atoms with Crippen molar-refractivity contribution in [2.75, 3.05) is 55.2 Å². The van der Waals surface area contributed by atoms with Crippen LogP contribution in [-0.2, 0) is 16.8 Å². The maximum Gasteiger partial charge on any atom is 0.315 e. The fraction of sp³-hybridized carbons (Fsp3) is 0.400. The number of carbonyl (C=O) groups excluding carboxylic acids is 2. The summed E-state index contributed by atoms with van der Waals surface area (Å²) in [5, 5.41) is 21.8. The number of hydrogen-bond acceptors (Lipinski definition) is 11. The van der Waals surface area contributed by atoms with Gasteiger partial charge in [-0.1, -0.05) is 68.9 Å². The van der Waals surface area contributed by atoms with Crippen LogP contribution in [0.25, 0.3) is 11.1 Å². The van der Waals surface area contributed by atoms with Gasteiger partial charge in [0.2, 0.25) is 5.91 Å². The second-order valence-electron chi connectivity index (χ2n) is 18.0. The maximum absolute atomic E-state index is 12.7. The van der Waals surface area contributed by atoms with E-state index in [0.717, 1.165) is 79.4 Å². The average molecular weight is 851 g/mol. The third kappa shape index (κ3) is 11.6. The largest absolute Gasteiger partial charge is 0.391 e. The summed E-state index contributed by atoms with van der Waals surface area (Å²) in [4.78, 5) is 38.7. The normalized spacial score (nSPS) is 15.2. The fourth-order valence-corrected chi connectivity index (χ4v) is 8.46. The highest BCUT2D eigenvalue weighted by molar-refractivity contribution is 6.14. The number of rotatable bonds is 16. The molecule has 7 rings (SSSR count). The summed E-state index contributed by atoms with van der Waals surface area (Å²) in [7, 11) is 0. The highest BCUT2D eigenvalue weighted by Crippen LogP contribution is 2.32. The first-order valence-corrected chi connectivity index (χ1v) is 22.2. The predicted molar refractivity (Wildman–Crippen MR) is 251 cm³/mol. The van der Waals surface area contributed by atoms with Gasteiger partial charge in [-0.3, -0.25) is 15.0 Å². The minimum Gasteiger partial charge on any atom is -0.391 e. The number of nitrogens with two attached hydrogens (primary N) is 1. The van der Waals surface area contributed by atoms with Crippen LogP contribution in [0.4, 0.5) is 17.2 Å². The zero-order chi connectivity index (χ0) is 44.5. The number of benzene rings is 3. The Morgan fingerprint density at radius 1 is 0.952 bits per heavy atom. The Hall–Kier alpha value is -6.34. The molecule has 2 fully saturated rings. The Kier molecular flexibility index (Phi) is 14.4. The third-order valence-corrected chi connectivity index (χ3v) is 12.5. The first kappa shape index (κ1) is 44.7. The second kappa shape index (κ2) is 20.2. The monoisotopic (exact) mass is 851 g/mol. The Morgan fingerprint density at radius 2 is 1.68 bits per heavy atom. The number of nitrogens with one attached hydrogen (secondary N) is 4. The molecule has 2 aliphatic rings. The number of nitrogens with zero attached hydrogens (tertiary/aromatic N) is 5. The van der Waals surface area contributed by atoms with Crippen molar-refractivity contribution in [2.24, 2.45) is 5.92 Å². The lowest BCUT2D eigenvalue weighted by molar-refractivity contribution is -0.116. The molecule has 0 saturated carbocycles. The lowest BCUT2D eigenvalue weighted by atomic mass is 9.87. The molecule has 2 aliphatic heterocycles. The molecule has 0 bridgehead atoms. The molecule has 2 aromatic heterocycles. The van der Waals surface area contributed by atoms with Crippen LogP contribution in [0.1, 0.15) is 110 Å². The number of likely N-dealkylation sites (tertiary alicyclic amines) is 1. The van der Waals surface area contributed by atoms with Crippen LogP contribution >= 0.6 is 0 Å². The number of anilines is 3. The number of carbonyl (C=O) groups is 2. The molecule has 0 radical (unpaired) electrons. The lowest BCUT2D eigenvalue weighted by Gasteiger charge is -2.36. The van der Waals surface area contributed by atoms with Crippen molar-refractivity contribution >= 4 is 34.7 Å². The third-order valence-electron chi connectivity index (χ3n) is 12.5. The first-order valence-electron chi connectivity index (χ1n) is 22.2. The topological polar surface area (TPSA) is 178 Å². The molecule has 13 nitrogen and oxygen atoms in total. The van der Waals surface area contributed by atoms with Gasteiger partial charge in [0.25, 0.3) is 0 Å². The van der Waals surface area contributed by atoms with E-state index < -0.39 is 5.91 Å². The zero-order valence-corrected chi connectivity index (χ0v) is 37.2. The number of amides is 2. The lowest BCUT2D eigenvalue weighted by Crippen LogP contribution is -2.37. The number of aryl methyl sites for hydroxylation is 1. The molecular weight excluding hydrogens is 789 g/mol. The SMILES string of the molecule is C=CNCCC(=O)Nc1ccc(N2CCC(CCN3CCC(c4ccc(-c5cnc(N)c(C(=N)c6ccc(CNC(=O)c7nc(C(C)(C)C)no7)c(C)c6)c5)cc4)CC3)CC2)cc1. The van der Waals surface area contributed by atoms with Gasteiger partial charge in [0, 0.05) is 72.3 Å². The van der Waals surface area contributed by atoms with Crippen molar-refractivity contribution in [2.45, 2.75) is 84.1 Å². The summed E-state index contributed by atoms with van der Waals surface area (Å²) in [6.45, 7) is 17.8. The molecule has 4 heterocycles. The van der Waals surface area contributed by atoms with E-state index >= 15 is 0 Å². The van der Waals surface area contributed by atoms with E-state index in [1.54, 1.807) is 12.4 Å². The summed E-state index contributed by atoms with van der Waals surface area (Å²) >= 11 is 0. The quantitative estimate of drug-likeness (QED) is 0.0480. The van der Waals surface area contributed by atoms with Gasteiger partial charge in [0.15, 0.2) is 5.82 Å². The van der Waals surface area contributed by atoms with Gasteiger partial charge < -0.3 is 36.0 Å². The molecule has 0 unspecified atom stereocenters.